The van der Waals surface area contributed by atoms with Gasteiger partial charge < -0.3 is 10.2 Å². The molecule has 0 aromatic carbocycles. The largest absolute Gasteiger partial charge is 0.345 e. The van der Waals surface area contributed by atoms with Crippen molar-refractivity contribution in [3.8, 4) is 12.3 Å². The molecule has 0 saturated heterocycles. The smallest absolute Gasteiger partial charge is 0.133 e. The maximum Gasteiger partial charge on any atom is 0.133 e. The molecular weight excluding hydrogens is 222 g/mol. The van der Waals surface area contributed by atoms with Crippen molar-refractivity contribution in [1.82, 2.24) is 10.3 Å². The topological polar surface area (TPSA) is 28.2 Å². The zero-order valence-corrected chi connectivity index (χ0v) is 11.0. The van der Waals surface area contributed by atoms with Crippen LogP contribution < -0.4 is 10.2 Å². The molecule has 0 bridgehead atoms. The highest BCUT2D eigenvalue weighted by molar-refractivity contribution is 5.48. The summed E-state index contributed by atoms with van der Waals surface area (Å²) in [7, 11) is 0. The summed E-state index contributed by atoms with van der Waals surface area (Å²) in [6.07, 6.45) is 9.99. The predicted octanol–water partition coefficient (Wildman–Crippen LogP) is 2.04. The number of hydrogen-bond acceptors (Lipinski definition) is 3. The van der Waals surface area contributed by atoms with Gasteiger partial charge in [0.05, 0.1) is 6.54 Å². The van der Waals surface area contributed by atoms with Crippen molar-refractivity contribution in [2.24, 2.45) is 5.92 Å². The molecule has 1 N–H and O–H groups in total. The molecule has 3 heteroatoms. The van der Waals surface area contributed by atoms with Crippen molar-refractivity contribution in [2.75, 3.05) is 24.5 Å². The maximum absolute atomic E-state index is 5.48. The molecule has 0 spiro atoms. The summed E-state index contributed by atoms with van der Waals surface area (Å²) >= 11 is 0. The molecule has 0 radical (unpaired) electrons. The van der Waals surface area contributed by atoms with E-state index >= 15 is 0 Å². The average Bonchev–Trinajstić information content (AvgIpc) is 3.20. The number of terminal acetylenes is 1. The van der Waals surface area contributed by atoms with Gasteiger partial charge in [-0.15, -0.1) is 6.42 Å². The van der Waals surface area contributed by atoms with Crippen molar-refractivity contribution < 1.29 is 0 Å². The van der Waals surface area contributed by atoms with Crippen LogP contribution in [0.25, 0.3) is 0 Å². The van der Waals surface area contributed by atoms with Crippen LogP contribution in [0.2, 0.25) is 0 Å². The Kier molecular flexibility index (Phi) is 4.60. The SMILES string of the molecule is C#CCN(CC1CC1)c1ncccc1CNCC. The highest BCUT2D eigenvalue weighted by Gasteiger charge is 2.25. The molecule has 3 nitrogen and oxygen atoms in total. The Bertz CT molecular complexity index is 418. The molecule has 1 aromatic rings. The number of aromatic nitrogens is 1. The van der Waals surface area contributed by atoms with E-state index in [1.54, 1.807) is 0 Å². The Balaban J connectivity index is 2.13. The van der Waals surface area contributed by atoms with Crippen molar-refractivity contribution in [2.45, 2.75) is 26.3 Å². The lowest BCUT2D eigenvalue weighted by molar-refractivity contribution is 0.706. The van der Waals surface area contributed by atoms with E-state index in [1.807, 2.05) is 12.3 Å². The summed E-state index contributed by atoms with van der Waals surface area (Å²) in [5, 5.41) is 3.35. The van der Waals surface area contributed by atoms with Gasteiger partial charge in [0.15, 0.2) is 0 Å². The van der Waals surface area contributed by atoms with E-state index in [4.69, 9.17) is 6.42 Å². The zero-order valence-electron chi connectivity index (χ0n) is 11.0. The van der Waals surface area contributed by atoms with Crippen LogP contribution in [0.4, 0.5) is 5.82 Å². The van der Waals surface area contributed by atoms with Gasteiger partial charge in [0, 0.05) is 24.8 Å². The molecule has 96 valence electrons. The summed E-state index contributed by atoms with van der Waals surface area (Å²) in [6.45, 7) is 5.62. The van der Waals surface area contributed by atoms with Gasteiger partial charge in [0.2, 0.25) is 0 Å². The number of hydrogen-bond donors (Lipinski definition) is 1. The maximum atomic E-state index is 5.48. The van der Waals surface area contributed by atoms with Crippen LogP contribution in [0.5, 0.6) is 0 Å². The van der Waals surface area contributed by atoms with Crippen LogP contribution in [0.15, 0.2) is 18.3 Å². The van der Waals surface area contributed by atoms with Crippen LogP contribution in [0, 0.1) is 18.3 Å². The number of pyridine rings is 1. The van der Waals surface area contributed by atoms with E-state index in [9.17, 15) is 0 Å². The highest BCUT2D eigenvalue weighted by atomic mass is 15.2. The number of nitrogens with one attached hydrogen (secondary N) is 1. The van der Waals surface area contributed by atoms with Gasteiger partial charge in [0.1, 0.15) is 5.82 Å². The molecule has 1 aliphatic rings. The molecule has 0 amide bonds. The number of rotatable bonds is 7. The lowest BCUT2D eigenvalue weighted by Crippen LogP contribution is -2.29. The van der Waals surface area contributed by atoms with Crippen molar-refractivity contribution in [1.29, 1.82) is 0 Å². The summed E-state index contributed by atoms with van der Waals surface area (Å²) in [4.78, 5) is 6.76. The first-order valence-electron chi connectivity index (χ1n) is 6.68. The van der Waals surface area contributed by atoms with E-state index in [0.29, 0.717) is 6.54 Å². The van der Waals surface area contributed by atoms with Gasteiger partial charge in [-0.1, -0.05) is 18.9 Å². The molecule has 0 aliphatic heterocycles. The van der Waals surface area contributed by atoms with Gasteiger partial charge >= 0.3 is 0 Å². The van der Waals surface area contributed by atoms with Gasteiger partial charge in [-0.2, -0.15) is 0 Å². The quantitative estimate of drug-likeness (QED) is 0.743. The Labute approximate surface area is 110 Å². The first kappa shape index (κ1) is 12.9. The standard InChI is InChI=1S/C15H21N3/c1-3-10-18(12-13-7-8-13)15-14(11-16-4-2)6-5-9-17-15/h1,5-6,9,13,16H,4,7-8,10-12H2,2H3. The molecule has 0 atom stereocenters. The second-order valence-corrected chi connectivity index (χ2v) is 4.79. The number of nitrogens with zero attached hydrogens (tertiary/aromatic N) is 2. The van der Waals surface area contributed by atoms with E-state index in [0.717, 1.165) is 31.4 Å². The Morgan fingerprint density at radius 3 is 3.06 bits per heavy atom. The predicted molar refractivity (Wildman–Crippen MR) is 75.4 cm³/mol. The normalized spacial score (nSPS) is 14.2. The zero-order chi connectivity index (χ0) is 12.8. The summed E-state index contributed by atoms with van der Waals surface area (Å²) < 4.78 is 0. The molecular formula is C15H21N3. The fraction of sp³-hybridized carbons (Fsp3) is 0.533. The fourth-order valence-electron chi connectivity index (χ4n) is 2.06. The minimum absolute atomic E-state index is 0.645. The van der Waals surface area contributed by atoms with Crippen LogP contribution in [0.3, 0.4) is 0 Å². The molecule has 0 unspecified atom stereocenters. The van der Waals surface area contributed by atoms with Crippen LogP contribution in [0.1, 0.15) is 25.3 Å². The monoisotopic (exact) mass is 243 g/mol. The molecule has 2 rings (SSSR count). The van der Waals surface area contributed by atoms with E-state index in [2.05, 4.69) is 34.1 Å². The molecule has 1 aliphatic carbocycles. The van der Waals surface area contributed by atoms with Crippen molar-refractivity contribution in [3.63, 3.8) is 0 Å². The lowest BCUT2D eigenvalue weighted by atomic mass is 10.2. The van der Waals surface area contributed by atoms with Crippen molar-refractivity contribution in [3.05, 3.63) is 23.9 Å². The van der Waals surface area contributed by atoms with Crippen LogP contribution in [-0.4, -0.2) is 24.6 Å². The minimum atomic E-state index is 0.645. The third-order valence-electron chi connectivity index (χ3n) is 3.19. The first-order valence-corrected chi connectivity index (χ1v) is 6.68. The minimum Gasteiger partial charge on any atom is -0.345 e. The number of anilines is 1. The summed E-state index contributed by atoms with van der Waals surface area (Å²) in [6, 6.07) is 4.11. The van der Waals surface area contributed by atoms with Gasteiger partial charge in [-0.05, 0) is 31.4 Å². The van der Waals surface area contributed by atoms with Crippen LogP contribution in [-0.2, 0) is 6.54 Å². The van der Waals surface area contributed by atoms with Gasteiger partial charge in [-0.25, -0.2) is 4.98 Å². The molecule has 18 heavy (non-hydrogen) atoms. The molecule has 1 heterocycles. The molecule has 1 aromatic heterocycles. The van der Waals surface area contributed by atoms with E-state index < -0.39 is 0 Å². The van der Waals surface area contributed by atoms with Gasteiger partial charge in [-0.3, -0.25) is 0 Å². The Hall–Kier alpha value is -1.53. The van der Waals surface area contributed by atoms with Gasteiger partial charge in [0.25, 0.3) is 0 Å². The fourth-order valence-corrected chi connectivity index (χ4v) is 2.06. The van der Waals surface area contributed by atoms with E-state index in [1.165, 1.54) is 18.4 Å². The lowest BCUT2D eigenvalue weighted by Gasteiger charge is -2.23. The summed E-state index contributed by atoms with van der Waals surface area (Å²) in [5.74, 6) is 4.61. The second kappa shape index (κ2) is 6.42. The second-order valence-electron chi connectivity index (χ2n) is 4.79. The molecule has 1 fully saturated rings. The van der Waals surface area contributed by atoms with Crippen molar-refractivity contribution >= 4 is 5.82 Å². The third kappa shape index (κ3) is 3.48. The van der Waals surface area contributed by atoms with E-state index in [-0.39, 0.29) is 0 Å². The first-order chi connectivity index (χ1) is 8.85. The van der Waals surface area contributed by atoms with Crippen LogP contribution >= 0.6 is 0 Å². The average molecular weight is 243 g/mol. The Morgan fingerprint density at radius 2 is 2.39 bits per heavy atom. The Morgan fingerprint density at radius 1 is 1.56 bits per heavy atom. The third-order valence-corrected chi connectivity index (χ3v) is 3.19. The molecule has 1 saturated carbocycles. The highest BCUT2D eigenvalue weighted by Crippen LogP contribution is 2.31. The summed E-state index contributed by atoms with van der Waals surface area (Å²) in [5.41, 5.74) is 1.23.